The maximum absolute atomic E-state index is 4.85. The van der Waals surface area contributed by atoms with Gasteiger partial charge >= 0.3 is 0 Å². The molecule has 1 aromatic carbocycles. The van der Waals surface area contributed by atoms with Crippen molar-refractivity contribution in [2.45, 2.75) is 11.8 Å². The number of aromatic nitrogens is 1. The van der Waals surface area contributed by atoms with Crippen LogP contribution in [0.1, 0.15) is 10.4 Å². The second kappa shape index (κ2) is 6.58. The van der Waals surface area contributed by atoms with Gasteiger partial charge in [-0.25, -0.2) is 4.98 Å². The predicted octanol–water partition coefficient (Wildman–Crippen LogP) is 4.87. The van der Waals surface area contributed by atoms with E-state index in [9.17, 15) is 0 Å². The van der Waals surface area contributed by atoms with Gasteiger partial charge in [0.2, 0.25) is 0 Å². The highest BCUT2D eigenvalue weighted by molar-refractivity contribution is 9.08. The summed E-state index contributed by atoms with van der Waals surface area (Å²) < 4.78 is 0. The molecule has 0 atom stereocenters. The molecule has 0 spiro atoms. The Bertz CT molecular complexity index is 725. The molecule has 0 N–H and O–H groups in total. The van der Waals surface area contributed by atoms with Crippen LogP contribution in [0.15, 0.2) is 47.8 Å². The number of benzene rings is 1. The number of hydrogen-bond acceptors (Lipinski definition) is 3. The third-order valence-electron chi connectivity index (χ3n) is 3.56. The molecule has 4 heteroatoms. The quantitative estimate of drug-likeness (QED) is 0.603. The van der Waals surface area contributed by atoms with Crippen LogP contribution >= 0.6 is 27.3 Å². The lowest BCUT2D eigenvalue weighted by Gasteiger charge is -2.21. The molecule has 2 heterocycles. The summed E-state index contributed by atoms with van der Waals surface area (Å²) in [5.41, 5.74) is 2.29. The predicted molar refractivity (Wildman–Crippen MR) is 95.7 cm³/mol. The number of halogens is 1. The molecule has 0 amide bonds. The molecule has 0 saturated carbocycles. The average Bonchev–Trinajstić information content (AvgIpc) is 3.04. The molecule has 108 valence electrons. The molecule has 2 nitrogen and oxygen atoms in total. The summed E-state index contributed by atoms with van der Waals surface area (Å²) in [6, 6.07) is 14.8. The van der Waals surface area contributed by atoms with Crippen LogP contribution in [0.2, 0.25) is 0 Å². The van der Waals surface area contributed by atoms with Crippen molar-refractivity contribution in [2.75, 3.05) is 18.5 Å². The molecule has 3 aromatic rings. The number of fused-ring (bicyclic) bond motifs is 1. The zero-order chi connectivity index (χ0) is 14.7. The van der Waals surface area contributed by atoms with Gasteiger partial charge in [-0.15, -0.1) is 11.3 Å². The number of rotatable bonds is 5. The first kappa shape index (κ1) is 14.5. The number of alkyl halides is 1. The van der Waals surface area contributed by atoms with Crippen molar-refractivity contribution in [1.82, 2.24) is 4.98 Å². The number of thiophene rings is 1. The minimum atomic E-state index is 0.823. The third kappa shape index (κ3) is 3.27. The Morgan fingerprint density at radius 1 is 1.19 bits per heavy atom. The minimum Gasteiger partial charge on any atom is -0.359 e. The molecule has 21 heavy (non-hydrogen) atoms. The first-order valence-corrected chi connectivity index (χ1v) is 8.96. The summed E-state index contributed by atoms with van der Waals surface area (Å²) in [6.45, 7) is 0.978. The molecule has 2 aromatic heterocycles. The summed E-state index contributed by atoms with van der Waals surface area (Å²) in [6.07, 6.45) is 1.06. The SMILES string of the molecule is CN(CCc1cccs1)c1nc2ccccc2cc1CBr. The van der Waals surface area contributed by atoms with Crippen molar-refractivity contribution in [2.24, 2.45) is 0 Å². The number of hydrogen-bond donors (Lipinski definition) is 0. The molecular formula is C17H17BrN2S. The van der Waals surface area contributed by atoms with E-state index in [-0.39, 0.29) is 0 Å². The zero-order valence-electron chi connectivity index (χ0n) is 11.9. The van der Waals surface area contributed by atoms with E-state index >= 15 is 0 Å². The lowest BCUT2D eigenvalue weighted by atomic mass is 10.1. The Balaban J connectivity index is 1.87. The maximum Gasteiger partial charge on any atom is 0.133 e. The van der Waals surface area contributed by atoms with Crippen molar-refractivity contribution in [3.05, 3.63) is 58.3 Å². The minimum absolute atomic E-state index is 0.823. The molecule has 0 radical (unpaired) electrons. The third-order valence-corrected chi connectivity index (χ3v) is 5.10. The molecule has 3 rings (SSSR count). The second-order valence-electron chi connectivity index (χ2n) is 5.05. The Morgan fingerprint density at radius 3 is 2.81 bits per heavy atom. The molecule has 0 aliphatic heterocycles. The van der Waals surface area contributed by atoms with Crippen LogP contribution in [0.5, 0.6) is 0 Å². The highest BCUT2D eigenvalue weighted by Crippen LogP contribution is 2.25. The molecule has 0 aliphatic rings. The Morgan fingerprint density at radius 2 is 2.05 bits per heavy atom. The lowest BCUT2D eigenvalue weighted by molar-refractivity contribution is 0.867. The van der Waals surface area contributed by atoms with Gasteiger partial charge in [-0.05, 0) is 30.0 Å². The van der Waals surface area contributed by atoms with Gasteiger partial charge in [0.25, 0.3) is 0 Å². The Labute approximate surface area is 137 Å². The van der Waals surface area contributed by atoms with Crippen LogP contribution in [0, 0.1) is 0 Å². The van der Waals surface area contributed by atoms with E-state index in [2.05, 4.69) is 69.7 Å². The largest absolute Gasteiger partial charge is 0.359 e. The standard InChI is InChI=1S/C17H17BrN2S/c1-20(9-8-15-6-4-10-21-15)17-14(12-18)11-13-5-2-3-7-16(13)19-17/h2-7,10-11H,8-9,12H2,1H3. The first-order valence-electron chi connectivity index (χ1n) is 6.96. The molecule has 0 unspecified atom stereocenters. The summed E-state index contributed by atoms with van der Waals surface area (Å²) in [5, 5.41) is 4.15. The van der Waals surface area contributed by atoms with Gasteiger partial charge in [0, 0.05) is 34.7 Å². The summed E-state index contributed by atoms with van der Waals surface area (Å²) in [4.78, 5) is 8.52. The van der Waals surface area contributed by atoms with Crippen molar-refractivity contribution < 1.29 is 0 Å². The number of nitrogens with zero attached hydrogens (tertiary/aromatic N) is 2. The van der Waals surface area contributed by atoms with Crippen molar-refractivity contribution >= 4 is 44.0 Å². The van der Waals surface area contributed by atoms with Crippen LogP contribution in [0.3, 0.4) is 0 Å². The molecule has 0 fully saturated rings. The molecule has 0 aliphatic carbocycles. The fourth-order valence-corrected chi connectivity index (χ4v) is 3.53. The van der Waals surface area contributed by atoms with Crippen molar-refractivity contribution in [3.63, 3.8) is 0 Å². The second-order valence-corrected chi connectivity index (χ2v) is 6.64. The fraction of sp³-hybridized carbons (Fsp3) is 0.235. The van der Waals surface area contributed by atoms with Crippen molar-refractivity contribution in [1.29, 1.82) is 0 Å². The topological polar surface area (TPSA) is 16.1 Å². The molecule has 0 saturated heterocycles. The van der Waals surface area contributed by atoms with Gasteiger partial charge in [0.15, 0.2) is 0 Å². The normalized spacial score (nSPS) is 11.0. The van der Waals surface area contributed by atoms with E-state index < -0.39 is 0 Å². The van der Waals surface area contributed by atoms with Crippen LogP contribution < -0.4 is 4.90 Å². The summed E-state index contributed by atoms with van der Waals surface area (Å²) >= 11 is 5.40. The molecular weight excluding hydrogens is 344 g/mol. The number of para-hydroxylation sites is 1. The summed E-state index contributed by atoms with van der Waals surface area (Å²) in [5.74, 6) is 1.07. The Hall–Kier alpha value is -1.39. The number of likely N-dealkylation sites (N-methyl/N-ethyl adjacent to an activating group) is 1. The van der Waals surface area contributed by atoms with Crippen LogP contribution in [0.4, 0.5) is 5.82 Å². The van der Waals surface area contributed by atoms with Gasteiger partial charge in [-0.1, -0.05) is 40.2 Å². The average molecular weight is 361 g/mol. The van der Waals surface area contributed by atoms with E-state index in [0.717, 1.165) is 29.6 Å². The van der Waals surface area contributed by atoms with E-state index in [4.69, 9.17) is 4.98 Å². The van der Waals surface area contributed by atoms with Crippen LogP contribution in [0.25, 0.3) is 10.9 Å². The number of pyridine rings is 1. The van der Waals surface area contributed by atoms with Crippen LogP contribution in [-0.2, 0) is 11.8 Å². The van der Waals surface area contributed by atoms with Gasteiger partial charge in [-0.3, -0.25) is 0 Å². The van der Waals surface area contributed by atoms with E-state index in [1.165, 1.54) is 15.8 Å². The van der Waals surface area contributed by atoms with Gasteiger partial charge in [-0.2, -0.15) is 0 Å². The number of anilines is 1. The van der Waals surface area contributed by atoms with Crippen LogP contribution in [-0.4, -0.2) is 18.6 Å². The van der Waals surface area contributed by atoms with Crippen molar-refractivity contribution in [3.8, 4) is 0 Å². The molecule has 0 bridgehead atoms. The van der Waals surface area contributed by atoms with E-state index in [0.29, 0.717) is 0 Å². The van der Waals surface area contributed by atoms with Gasteiger partial charge < -0.3 is 4.90 Å². The summed E-state index contributed by atoms with van der Waals surface area (Å²) in [7, 11) is 2.12. The van der Waals surface area contributed by atoms with Gasteiger partial charge in [0.1, 0.15) is 5.82 Å². The zero-order valence-corrected chi connectivity index (χ0v) is 14.3. The first-order chi connectivity index (χ1) is 10.3. The Kier molecular flexibility index (Phi) is 4.56. The smallest absolute Gasteiger partial charge is 0.133 e. The highest BCUT2D eigenvalue weighted by Gasteiger charge is 2.10. The lowest BCUT2D eigenvalue weighted by Crippen LogP contribution is -2.22. The van der Waals surface area contributed by atoms with E-state index in [1.807, 2.05) is 17.4 Å². The highest BCUT2D eigenvalue weighted by atomic mass is 79.9. The maximum atomic E-state index is 4.85. The van der Waals surface area contributed by atoms with Gasteiger partial charge in [0.05, 0.1) is 5.52 Å². The fourth-order valence-electron chi connectivity index (χ4n) is 2.42. The van der Waals surface area contributed by atoms with E-state index in [1.54, 1.807) is 0 Å². The monoisotopic (exact) mass is 360 g/mol.